The summed E-state index contributed by atoms with van der Waals surface area (Å²) in [5, 5.41) is 38.0. The first-order chi connectivity index (χ1) is 20.2. The van der Waals surface area contributed by atoms with E-state index in [1.165, 1.54) is 31.2 Å². The number of carboxylic acid groups (broad SMARTS) is 2. The number of carboxylic acids is 2. The Morgan fingerprint density at radius 1 is 0.744 bits per heavy atom. The van der Waals surface area contributed by atoms with E-state index in [4.69, 9.17) is 16.6 Å². The third-order valence-electron chi connectivity index (χ3n) is 6.62. The molecule has 0 saturated carbocycles. The number of phenols is 1. The van der Waals surface area contributed by atoms with E-state index in [9.17, 15) is 39.0 Å². The predicted octanol–water partition coefficient (Wildman–Crippen LogP) is -1.04. The number of benzene rings is 1. The van der Waals surface area contributed by atoms with Crippen LogP contribution in [0.25, 0.3) is 0 Å². The van der Waals surface area contributed by atoms with Crippen LogP contribution in [0.15, 0.2) is 24.3 Å². The van der Waals surface area contributed by atoms with Crippen molar-refractivity contribution in [2.75, 3.05) is 6.54 Å². The summed E-state index contributed by atoms with van der Waals surface area (Å²) in [4.78, 5) is 74.5. The molecule has 0 unspecified atom stereocenters. The maximum atomic E-state index is 13.2. The molecule has 0 aliphatic heterocycles. The fraction of sp³-hybridized carbons (Fsp3) is 0.571. The molecule has 0 aliphatic rings. The van der Waals surface area contributed by atoms with Gasteiger partial charge < -0.3 is 48.1 Å². The Balaban J connectivity index is 3.07. The lowest BCUT2D eigenvalue weighted by Crippen LogP contribution is -2.58. The van der Waals surface area contributed by atoms with Crippen molar-refractivity contribution in [1.82, 2.24) is 21.3 Å². The Morgan fingerprint density at radius 2 is 1.30 bits per heavy atom. The molecule has 1 aromatic rings. The van der Waals surface area contributed by atoms with Crippen LogP contribution in [-0.2, 0) is 35.2 Å². The van der Waals surface area contributed by atoms with Gasteiger partial charge in [-0.05, 0) is 62.8 Å². The van der Waals surface area contributed by atoms with Crippen LogP contribution in [0.4, 0.5) is 0 Å². The zero-order chi connectivity index (χ0) is 32.7. The van der Waals surface area contributed by atoms with E-state index in [0.717, 1.165) is 0 Å². The van der Waals surface area contributed by atoms with Crippen molar-refractivity contribution in [3.63, 3.8) is 0 Å². The minimum absolute atomic E-state index is 0.0186. The van der Waals surface area contributed by atoms with Gasteiger partial charge in [0.1, 0.15) is 29.9 Å². The van der Waals surface area contributed by atoms with E-state index < -0.39 is 72.2 Å². The molecular weight excluding hydrogens is 564 g/mol. The highest BCUT2D eigenvalue weighted by Crippen LogP contribution is 2.12. The van der Waals surface area contributed by atoms with E-state index in [1.807, 2.05) is 0 Å². The Kier molecular flexibility index (Phi) is 15.7. The van der Waals surface area contributed by atoms with Gasteiger partial charge in [-0.25, -0.2) is 4.79 Å². The Labute approximate surface area is 250 Å². The minimum Gasteiger partial charge on any atom is -0.508 e. The van der Waals surface area contributed by atoms with Crippen molar-refractivity contribution in [3.8, 4) is 5.75 Å². The maximum absolute atomic E-state index is 13.2. The van der Waals surface area contributed by atoms with Gasteiger partial charge in [0, 0.05) is 12.8 Å². The number of carbonyl (C=O) groups excluding carboxylic acids is 4. The summed E-state index contributed by atoms with van der Waals surface area (Å²) in [6.45, 7) is 5.08. The molecule has 0 radical (unpaired) electrons. The molecular formula is C28H44N6O9. The molecule has 0 bridgehead atoms. The lowest BCUT2D eigenvalue weighted by atomic mass is 10.0. The van der Waals surface area contributed by atoms with E-state index in [2.05, 4.69) is 21.3 Å². The van der Waals surface area contributed by atoms with Crippen LogP contribution >= 0.6 is 0 Å². The molecule has 4 amide bonds. The Hall–Kier alpha value is -4.24. The molecule has 1 aromatic carbocycles. The van der Waals surface area contributed by atoms with E-state index in [-0.39, 0.29) is 30.9 Å². The van der Waals surface area contributed by atoms with Gasteiger partial charge in [0.25, 0.3) is 0 Å². The SMILES string of the molecule is CC(C)[C@H](N)C(=O)N[C@@H](CCC(=O)O)C(=O)N[C@@H](C)C(=O)N[C@@H](Cc1ccc(O)cc1)C(=O)N[C@@H](CCCCN)C(=O)O. The summed E-state index contributed by atoms with van der Waals surface area (Å²) in [5.41, 5.74) is 11.9. The highest BCUT2D eigenvalue weighted by molar-refractivity contribution is 5.95. The van der Waals surface area contributed by atoms with Crippen molar-refractivity contribution in [1.29, 1.82) is 0 Å². The summed E-state index contributed by atoms with van der Waals surface area (Å²) in [7, 11) is 0. The molecule has 1 rings (SSSR count). The summed E-state index contributed by atoms with van der Waals surface area (Å²) in [6, 6.07) is -0.163. The molecule has 0 heterocycles. The van der Waals surface area contributed by atoms with Gasteiger partial charge in [-0.1, -0.05) is 26.0 Å². The molecule has 15 heteroatoms. The topological polar surface area (TPSA) is 263 Å². The number of nitrogens with one attached hydrogen (secondary N) is 4. The number of hydrogen-bond acceptors (Lipinski definition) is 9. The quantitative estimate of drug-likeness (QED) is 0.0856. The summed E-state index contributed by atoms with van der Waals surface area (Å²) < 4.78 is 0. The number of phenolic OH excluding ortho intramolecular Hbond substituents is 1. The summed E-state index contributed by atoms with van der Waals surface area (Å²) in [5.74, 6) is -5.81. The zero-order valence-corrected chi connectivity index (χ0v) is 24.7. The molecule has 0 aromatic heterocycles. The number of amides is 4. The number of hydrogen-bond donors (Lipinski definition) is 9. The van der Waals surface area contributed by atoms with Crippen LogP contribution in [0.1, 0.15) is 58.4 Å². The Bertz CT molecular complexity index is 1110. The second-order valence-electron chi connectivity index (χ2n) is 10.6. The summed E-state index contributed by atoms with van der Waals surface area (Å²) >= 11 is 0. The fourth-order valence-electron chi connectivity index (χ4n) is 3.88. The number of aromatic hydroxyl groups is 1. The van der Waals surface area contributed by atoms with Crippen molar-refractivity contribution in [2.45, 2.75) is 89.5 Å². The van der Waals surface area contributed by atoms with Crippen LogP contribution in [0.2, 0.25) is 0 Å². The van der Waals surface area contributed by atoms with E-state index in [1.54, 1.807) is 13.8 Å². The molecule has 0 aliphatic carbocycles. The van der Waals surface area contributed by atoms with Gasteiger partial charge in [0.2, 0.25) is 23.6 Å². The zero-order valence-electron chi connectivity index (χ0n) is 24.7. The van der Waals surface area contributed by atoms with Gasteiger partial charge in [-0.2, -0.15) is 0 Å². The first kappa shape index (κ1) is 36.8. The van der Waals surface area contributed by atoms with Crippen LogP contribution in [-0.4, -0.2) is 87.6 Å². The minimum atomic E-state index is -1.30. The number of unbranched alkanes of at least 4 members (excludes halogenated alkanes) is 1. The second kappa shape index (κ2) is 18.3. The molecule has 0 fully saturated rings. The predicted molar refractivity (Wildman–Crippen MR) is 155 cm³/mol. The van der Waals surface area contributed by atoms with Gasteiger partial charge in [0.15, 0.2) is 0 Å². The first-order valence-electron chi connectivity index (χ1n) is 14.1. The third-order valence-corrected chi connectivity index (χ3v) is 6.62. The van der Waals surface area contributed by atoms with Crippen molar-refractivity contribution >= 4 is 35.6 Å². The number of aliphatic carboxylic acids is 2. The molecule has 240 valence electrons. The number of carbonyl (C=O) groups is 6. The van der Waals surface area contributed by atoms with Crippen molar-refractivity contribution in [3.05, 3.63) is 29.8 Å². The van der Waals surface area contributed by atoms with Crippen LogP contribution in [0.5, 0.6) is 5.75 Å². The lowest BCUT2D eigenvalue weighted by molar-refractivity contribution is -0.142. The number of rotatable bonds is 19. The van der Waals surface area contributed by atoms with Crippen LogP contribution in [0, 0.1) is 5.92 Å². The van der Waals surface area contributed by atoms with Gasteiger partial charge >= 0.3 is 11.9 Å². The Morgan fingerprint density at radius 3 is 1.84 bits per heavy atom. The molecule has 0 spiro atoms. The molecule has 43 heavy (non-hydrogen) atoms. The van der Waals surface area contributed by atoms with Crippen molar-refractivity contribution in [2.24, 2.45) is 17.4 Å². The van der Waals surface area contributed by atoms with E-state index >= 15 is 0 Å². The largest absolute Gasteiger partial charge is 0.508 e. The molecule has 11 N–H and O–H groups in total. The van der Waals surface area contributed by atoms with Crippen molar-refractivity contribution < 1.29 is 44.1 Å². The fourth-order valence-corrected chi connectivity index (χ4v) is 3.88. The standard InChI is InChI=1S/C28H44N6O9/c1-15(2)23(30)27(41)32-19(11-12-22(36)37)25(39)31-16(3)24(38)34-21(14-17-7-9-18(35)10-8-17)26(40)33-20(28(42)43)6-4-5-13-29/h7-10,15-16,19-21,23,35H,4-6,11-14,29-30H2,1-3H3,(H,31,39)(H,32,41)(H,33,40)(H,34,38)(H,36,37)(H,42,43)/t16-,19-,20-,21-,23-/m0/s1. The van der Waals surface area contributed by atoms with E-state index in [0.29, 0.717) is 24.9 Å². The van der Waals surface area contributed by atoms with Gasteiger partial charge in [0.05, 0.1) is 6.04 Å². The average Bonchev–Trinajstić information content (AvgIpc) is 2.94. The molecule has 5 atom stereocenters. The monoisotopic (exact) mass is 608 g/mol. The van der Waals surface area contributed by atoms with Crippen LogP contribution < -0.4 is 32.7 Å². The van der Waals surface area contributed by atoms with Crippen LogP contribution in [0.3, 0.4) is 0 Å². The second-order valence-corrected chi connectivity index (χ2v) is 10.6. The van der Waals surface area contributed by atoms with Gasteiger partial charge in [-0.15, -0.1) is 0 Å². The smallest absolute Gasteiger partial charge is 0.326 e. The first-order valence-corrected chi connectivity index (χ1v) is 14.1. The average molecular weight is 609 g/mol. The maximum Gasteiger partial charge on any atom is 0.326 e. The normalized spacial score (nSPS) is 14.5. The molecule has 15 nitrogen and oxygen atoms in total. The van der Waals surface area contributed by atoms with Gasteiger partial charge in [-0.3, -0.25) is 24.0 Å². The molecule has 0 saturated heterocycles. The summed E-state index contributed by atoms with van der Waals surface area (Å²) in [6.07, 6.45) is 0.349. The highest BCUT2D eigenvalue weighted by atomic mass is 16.4. The third kappa shape index (κ3) is 13.5. The lowest BCUT2D eigenvalue weighted by Gasteiger charge is -2.25. The highest BCUT2D eigenvalue weighted by Gasteiger charge is 2.31. The number of nitrogens with two attached hydrogens (primary N) is 2.